The van der Waals surface area contributed by atoms with E-state index in [1.807, 2.05) is 30.3 Å². The standard InChI is InChI=1S/C27H28F2N2O4S/c1-20(32)21-7-10-24(11-8-21)36(33,34)31-15-13-30(14-16-31)17-18-35-27(22-5-3-2-4-6-22)23-9-12-25(28)26(29)19-23/h2-12,19,27H,13-18H2,1H3/t27-/m1/s1. The molecule has 1 aliphatic heterocycles. The minimum absolute atomic E-state index is 0.117. The second kappa shape index (κ2) is 11.4. The number of carbonyl (C=O) groups excluding carboxylic acids is 1. The third kappa shape index (κ3) is 6.04. The number of nitrogens with zero attached hydrogens (tertiary/aromatic N) is 2. The van der Waals surface area contributed by atoms with Crippen LogP contribution in [0, 0.1) is 11.6 Å². The number of piperazine rings is 1. The van der Waals surface area contributed by atoms with E-state index in [0.717, 1.165) is 17.7 Å². The van der Waals surface area contributed by atoms with Crippen LogP contribution < -0.4 is 0 Å². The van der Waals surface area contributed by atoms with Crippen LogP contribution in [0.3, 0.4) is 0 Å². The summed E-state index contributed by atoms with van der Waals surface area (Å²) in [7, 11) is -3.64. The Balaban J connectivity index is 1.34. The molecule has 1 heterocycles. The van der Waals surface area contributed by atoms with Gasteiger partial charge >= 0.3 is 0 Å². The zero-order chi connectivity index (χ0) is 25.7. The third-order valence-corrected chi connectivity index (χ3v) is 8.18. The Hall–Kier alpha value is -2.98. The molecule has 0 aromatic heterocycles. The summed E-state index contributed by atoms with van der Waals surface area (Å²) < 4.78 is 60.9. The molecule has 0 saturated carbocycles. The summed E-state index contributed by atoms with van der Waals surface area (Å²) >= 11 is 0. The van der Waals surface area contributed by atoms with E-state index < -0.39 is 27.8 Å². The summed E-state index contributed by atoms with van der Waals surface area (Å²) in [6.45, 7) is 4.08. The summed E-state index contributed by atoms with van der Waals surface area (Å²) in [4.78, 5) is 13.7. The lowest BCUT2D eigenvalue weighted by molar-refractivity contribution is 0.0525. The maximum Gasteiger partial charge on any atom is 0.243 e. The minimum Gasteiger partial charge on any atom is -0.367 e. The number of rotatable bonds is 9. The lowest BCUT2D eigenvalue weighted by Gasteiger charge is -2.34. The maximum absolute atomic E-state index is 13.9. The molecule has 0 spiro atoms. The van der Waals surface area contributed by atoms with Crippen LogP contribution in [0.25, 0.3) is 0 Å². The Labute approximate surface area is 210 Å². The van der Waals surface area contributed by atoms with Crippen molar-refractivity contribution < 1.29 is 26.7 Å². The molecule has 1 aliphatic rings. The fraction of sp³-hybridized carbons (Fsp3) is 0.296. The fourth-order valence-electron chi connectivity index (χ4n) is 4.19. The number of ether oxygens (including phenoxy) is 1. The summed E-state index contributed by atoms with van der Waals surface area (Å²) in [5.41, 5.74) is 1.82. The number of carbonyl (C=O) groups is 1. The van der Waals surface area contributed by atoms with Crippen LogP contribution in [-0.4, -0.2) is 62.7 Å². The number of sulfonamides is 1. The van der Waals surface area contributed by atoms with Gasteiger partial charge in [-0.25, -0.2) is 17.2 Å². The largest absolute Gasteiger partial charge is 0.367 e. The van der Waals surface area contributed by atoms with Gasteiger partial charge in [0.2, 0.25) is 10.0 Å². The smallest absolute Gasteiger partial charge is 0.243 e. The molecule has 0 aliphatic carbocycles. The molecular formula is C27H28F2N2O4S. The van der Waals surface area contributed by atoms with E-state index in [0.29, 0.717) is 50.5 Å². The Kier molecular flexibility index (Phi) is 8.25. The van der Waals surface area contributed by atoms with Gasteiger partial charge in [-0.3, -0.25) is 9.69 Å². The monoisotopic (exact) mass is 514 g/mol. The molecule has 3 aromatic rings. The van der Waals surface area contributed by atoms with Gasteiger partial charge in [0.15, 0.2) is 17.4 Å². The van der Waals surface area contributed by atoms with E-state index >= 15 is 0 Å². The van der Waals surface area contributed by atoms with Crippen molar-refractivity contribution in [2.75, 3.05) is 39.3 Å². The quantitative estimate of drug-likeness (QED) is 0.399. The Morgan fingerprint density at radius 2 is 1.56 bits per heavy atom. The minimum atomic E-state index is -3.64. The first-order valence-electron chi connectivity index (χ1n) is 11.7. The molecule has 0 amide bonds. The first-order valence-corrected chi connectivity index (χ1v) is 13.1. The van der Waals surface area contributed by atoms with Gasteiger partial charge in [-0.2, -0.15) is 4.31 Å². The van der Waals surface area contributed by atoms with Gasteiger partial charge < -0.3 is 4.74 Å². The van der Waals surface area contributed by atoms with E-state index in [2.05, 4.69) is 4.90 Å². The molecule has 6 nitrogen and oxygen atoms in total. The van der Waals surface area contributed by atoms with Crippen molar-refractivity contribution >= 4 is 15.8 Å². The van der Waals surface area contributed by atoms with E-state index in [1.54, 1.807) is 0 Å². The summed E-state index contributed by atoms with van der Waals surface area (Å²) in [6.07, 6.45) is -0.555. The average Bonchev–Trinajstić information content (AvgIpc) is 2.89. The van der Waals surface area contributed by atoms with E-state index in [1.165, 1.54) is 41.6 Å². The Morgan fingerprint density at radius 3 is 2.17 bits per heavy atom. The molecule has 1 atom stereocenters. The molecule has 0 radical (unpaired) electrons. The first-order chi connectivity index (χ1) is 17.3. The van der Waals surface area contributed by atoms with Crippen LogP contribution in [0.4, 0.5) is 8.78 Å². The van der Waals surface area contributed by atoms with Crippen molar-refractivity contribution in [2.45, 2.75) is 17.9 Å². The topological polar surface area (TPSA) is 66.9 Å². The van der Waals surface area contributed by atoms with Gasteiger partial charge in [0.05, 0.1) is 11.5 Å². The average molecular weight is 515 g/mol. The summed E-state index contributed by atoms with van der Waals surface area (Å²) in [5.74, 6) is -1.95. The van der Waals surface area contributed by atoms with Crippen molar-refractivity contribution in [3.8, 4) is 0 Å². The number of benzene rings is 3. The van der Waals surface area contributed by atoms with Crippen molar-refractivity contribution in [1.29, 1.82) is 0 Å². The van der Waals surface area contributed by atoms with Gasteiger partial charge in [-0.15, -0.1) is 0 Å². The van der Waals surface area contributed by atoms with E-state index in [4.69, 9.17) is 4.74 Å². The van der Waals surface area contributed by atoms with Crippen LogP contribution in [0.2, 0.25) is 0 Å². The highest BCUT2D eigenvalue weighted by Gasteiger charge is 2.28. The van der Waals surface area contributed by atoms with Gasteiger partial charge in [0.25, 0.3) is 0 Å². The Morgan fingerprint density at radius 1 is 0.889 bits per heavy atom. The second-order valence-corrected chi connectivity index (χ2v) is 10.6. The highest BCUT2D eigenvalue weighted by Crippen LogP contribution is 2.27. The summed E-state index contributed by atoms with van der Waals surface area (Å²) in [6, 6.07) is 19.1. The lowest BCUT2D eigenvalue weighted by Crippen LogP contribution is -2.49. The molecular weight excluding hydrogens is 486 g/mol. The SMILES string of the molecule is CC(=O)c1ccc(S(=O)(=O)N2CCN(CCO[C@H](c3ccccc3)c3ccc(F)c(F)c3)CC2)cc1. The predicted octanol–water partition coefficient (Wildman–Crippen LogP) is 4.28. The number of hydrogen-bond donors (Lipinski definition) is 0. The molecule has 0 unspecified atom stereocenters. The zero-order valence-corrected chi connectivity index (χ0v) is 20.8. The molecule has 36 heavy (non-hydrogen) atoms. The molecule has 4 rings (SSSR count). The van der Waals surface area contributed by atoms with Crippen LogP contribution in [0.15, 0.2) is 77.7 Å². The third-order valence-electron chi connectivity index (χ3n) is 6.27. The highest BCUT2D eigenvalue weighted by molar-refractivity contribution is 7.89. The number of ketones is 1. The van der Waals surface area contributed by atoms with Crippen LogP contribution in [0.1, 0.15) is 34.5 Å². The van der Waals surface area contributed by atoms with Crippen molar-refractivity contribution in [1.82, 2.24) is 9.21 Å². The molecule has 0 N–H and O–H groups in total. The number of halogens is 2. The van der Waals surface area contributed by atoms with Gasteiger partial charge in [0, 0.05) is 38.3 Å². The van der Waals surface area contributed by atoms with Gasteiger partial charge in [-0.05, 0) is 42.3 Å². The fourth-order valence-corrected chi connectivity index (χ4v) is 5.61. The van der Waals surface area contributed by atoms with E-state index in [-0.39, 0.29) is 10.7 Å². The van der Waals surface area contributed by atoms with Crippen LogP contribution in [-0.2, 0) is 14.8 Å². The second-order valence-electron chi connectivity index (χ2n) is 8.66. The molecule has 1 saturated heterocycles. The van der Waals surface area contributed by atoms with E-state index in [9.17, 15) is 22.0 Å². The van der Waals surface area contributed by atoms with Crippen molar-refractivity contribution in [3.05, 3.63) is 101 Å². The number of Topliss-reactive ketones (excluding diaryl/α,β-unsaturated/α-hetero) is 1. The number of hydrogen-bond acceptors (Lipinski definition) is 5. The highest BCUT2D eigenvalue weighted by atomic mass is 32.2. The molecule has 190 valence electrons. The van der Waals surface area contributed by atoms with Gasteiger partial charge in [-0.1, -0.05) is 48.5 Å². The summed E-state index contributed by atoms with van der Waals surface area (Å²) in [5, 5.41) is 0. The van der Waals surface area contributed by atoms with Crippen LogP contribution >= 0.6 is 0 Å². The Bertz CT molecular complexity index is 1290. The van der Waals surface area contributed by atoms with Crippen molar-refractivity contribution in [3.63, 3.8) is 0 Å². The van der Waals surface area contributed by atoms with Gasteiger partial charge in [0.1, 0.15) is 6.10 Å². The predicted molar refractivity (Wildman–Crippen MR) is 132 cm³/mol. The molecule has 1 fully saturated rings. The molecule has 9 heteroatoms. The van der Waals surface area contributed by atoms with Crippen LogP contribution in [0.5, 0.6) is 0 Å². The van der Waals surface area contributed by atoms with Crippen molar-refractivity contribution in [2.24, 2.45) is 0 Å². The normalized spacial score (nSPS) is 16.1. The lowest BCUT2D eigenvalue weighted by atomic mass is 10.0. The zero-order valence-electron chi connectivity index (χ0n) is 19.9. The molecule has 0 bridgehead atoms. The first kappa shape index (κ1) is 26.1. The maximum atomic E-state index is 13.9. The molecule has 3 aromatic carbocycles.